The quantitative estimate of drug-likeness (QED) is 0.728. The predicted octanol–water partition coefficient (Wildman–Crippen LogP) is 0.545. The van der Waals surface area contributed by atoms with Crippen LogP contribution in [0.25, 0.3) is 0 Å². The summed E-state index contributed by atoms with van der Waals surface area (Å²) in [5, 5.41) is 16.8. The first-order valence-electron chi connectivity index (χ1n) is 6.72. The van der Waals surface area contributed by atoms with Gasteiger partial charge in [-0.25, -0.2) is 13.6 Å². The SMILES string of the molecule is Cc1cc(C(=O)NCC2(C(=O)O)CC2)cc(S(N)(=O)=O)c1C. The Bertz CT molecular complexity index is 751. The second-order valence-electron chi connectivity index (χ2n) is 5.73. The predicted molar refractivity (Wildman–Crippen MR) is 78.9 cm³/mol. The van der Waals surface area contributed by atoms with Crippen LogP contribution in [-0.4, -0.2) is 31.9 Å². The average Bonchev–Trinajstić information content (AvgIpc) is 3.18. The summed E-state index contributed by atoms with van der Waals surface area (Å²) in [4.78, 5) is 23.1. The van der Waals surface area contributed by atoms with Gasteiger partial charge in [0.05, 0.1) is 10.3 Å². The number of aliphatic carboxylic acids is 1. The fraction of sp³-hybridized carbons (Fsp3) is 0.429. The van der Waals surface area contributed by atoms with Gasteiger partial charge in [-0.2, -0.15) is 0 Å². The molecule has 7 nitrogen and oxygen atoms in total. The molecule has 0 radical (unpaired) electrons. The molecule has 0 atom stereocenters. The van der Waals surface area contributed by atoms with E-state index in [1.807, 2.05) is 0 Å². The summed E-state index contributed by atoms with van der Waals surface area (Å²) in [6, 6.07) is 2.77. The third kappa shape index (κ3) is 3.12. The molecule has 8 heteroatoms. The lowest BCUT2D eigenvalue weighted by molar-refractivity contribution is -0.143. The molecule has 1 aliphatic rings. The summed E-state index contributed by atoms with van der Waals surface area (Å²) >= 11 is 0. The molecule has 1 aliphatic carbocycles. The first-order valence-corrected chi connectivity index (χ1v) is 8.27. The van der Waals surface area contributed by atoms with E-state index in [1.54, 1.807) is 19.9 Å². The largest absolute Gasteiger partial charge is 0.481 e. The number of amides is 1. The van der Waals surface area contributed by atoms with Crippen molar-refractivity contribution in [1.82, 2.24) is 5.32 Å². The van der Waals surface area contributed by atoms with Gasteiger partial charge < -0.3 is 10.4 Å². The molecule has 0 spiro atoms. The first-order chi connectivity index (χ1) is 10.1. The van der Waals surface area contributed by atoms with Gasteiger partial charge in [0.1, 0.15) is 0 Å². The van der Waals surface area contributed by atoms with Crippen LogP contribution in [0.5, 0.6) is 0 Å². The molecule has 4 N–H and O–H groups in total. The van der Waals surface area contributed by atoms with Crippen molar-refractivity contribution in [2.75, 3.05) is 6.54 Å². The summed E-state index contributed by atoms with van der Waals surface area (Å²) in [6.07, 6.45) is 1.05. The molecule has 1 amide bonds. The Morgan fingerprint density at radius 1 is 1.32 bits per heavy atom. The minimum Gasteiger partial charge on any atom is -0.481 e. The lowest BCUT2D eigenvalue weighted by atomic mass is 10.0. The molecule has 0 unspecified atom stereocenters. The zero-order valence-electron chi connectivity index (χ0n) is 12.3. The van der Waals surface area contributed by atoms with Gasteiger partial charge in [0, 0.05) is 12.1 Å². The van der Waals surface area contributed by atoms with E-state index in [0.717, 1.165) is 0 Å². The Labute approximate surface area is 128 Å². The summed E-state index contributed by atoms with van der Waals surface area (Å²) in [6.45, 7) is 3.32. The van der Waals surface area contributed by atoms with Crippen molar-refractivity contribution in [3.8, 4) is 0 Å². The number of rotatable bonds is 5. The Morgan fingerprint density at radius 2 is 1.91 bits per heavy atom. The Hall–Kier alpha value is -1.93. The highest BCUT2D eigenvalue weighted by molar-refractivity contribution is 7.89. The van der Waals surface area contributed by atoms with E-state index in [9.17, 15) is 18.0 Å². The van der Waals surface area contributed by atoms with E-state index < -0.39 is 27.3 Å². The monoisotopic (exact) mass is 326 g/mol. The maximum absolute atomic E-state index is 12.1. The molecule has 0 aliphatic heterocycles. The van der Waals surface area contributed by atoms with Gasteiger partial charge >= 0.3 is 5.97 Å². The number of nitrogens with two attached hydrogens (primary N) is 1. The van der Waals surface area contributed by atoms with Crippen molar-refractivity contribution in [2.24, 2.45) is 10.6 Å². The van der Waals surface area contributed by atoms with Crippen LogP contribution in [0, 0.1) is 19.3 Å². The summed E-state index contributed by atoms with van der Waals surface area (Å²) in [5.41, 5.74) is 0.380. The molecule has 1 saturated carbocycles. The van der Waals surface area contributed by atoms with Crippen LogP contribution in [0.4, 0.5) is 0 Å². The lowest BCUT2D eigenvalue weighted by Gasteiger charge is -2.13. The summed E-state index contributed by atoms with van der Waals surface area (Å²) < 4.78 is 23.1. The fourth-order valence-electron chi connectivity index (χ4n) is 2.22. The highest BCUT2D eigenvalue weighted by Gasteiger charge is 2.50. The van der Waals surface area contributed by atoms with Gasteiger partial charge in [-0.05, 0) is 49.9 Å². The number of primary sulfonamides is 1. The van der Waals surface area contributed by atoms with Crippen molar-refractivity contribution < 1.29 is 23.1 Å². The number of hydrogen-bond acceptors (Lipinski definition) is 4. The number of carbonyl (C=O) groups excluding carboxylic acids is 1. The molecule has 22 heavy (non-hydrogen) atoms. The van der Waals surface area contributed by atoms with Gasteiger partial charge in [0.2, 0.25) is 10.0 Å². The first kappa shape index (κ1) is 16.4. The third-order valence-corrected chi connectivity index (χ3v) is 5.12. The molecule has 1 fully saturated rings. The number of benzene rings is 1. The van der Waals surface area contributed by atoms with Crippen LogP contribution in [0.3, 0.4) is 0 Å². The minimum absolute atomic E-state index is 0.0266. The standard InChI is InChI=1S/C14H18N2O5S/c1-8-5-10(6-11(9(8)2)22(15,20)21)12(17)16-7-14(3-4-14)13(18)19/h5-6H,3-4,7H2,1-2H3,(H,16,17)(H,18,19)(H2,15,20,21). The van der Waals surface area contributed by atoms with Crippen LogP contribution in [-0.2, 0) is 14.8 Å². The van der Waals surface area contributed by atoms with Crippen LogP contribution < -0.4 is 10.5 Å². The molecule has 1 aromatic rings. The third-order valence-electron chi connectivity index (χ3n) is 4.08. The van der Waals surface area contributed by atoms with Crippen molar-refractivity contribution in [3.05, 3.63) is 28.8 Å². The van der Waals surface area contributed by atoms with Crippen LogP contribution in [0.1, 0.15) is 34.3 Å². The molecule has 0 saturated heterocycles. The normalized spacial score (nSPS) is 16.1. The average molecular weight is 326 g/mol. The molecular formula is C14H18N2O5S. The number of aryl methyl sites for hydroxylation is 1. The van der Waals surface area contributed by atoms with Crippen LogP contribution >= 0.6 is 0 Å². The van der Waals surface area contributed by atoms with Gasteiger partial charge in [-0.3, -0.25) is 9.59 Å². The van der Waals surface area contributed by atoms with E-state index in [0.29, 0.717) is 24.0 Å². The molecule has 0 heterocycles. The molecular weight excluding hydrogens is 308 g/mol. The Morgan fingerprint density at radius 3 is 2.36 bits per heavy atom. The summed E-state index contributed by atoms with van der Waals surface area (Å²) in [5.74, 6) is -1.45. The maximum Gasteiger partial charge on any atom is 0.311 e. The minimum atomic E-state index is -3.93. The van der Waals surface area contributed by atoms with Crippen molar-refractivity contribution in [3.63, 3.8) is 0 Å². The highest BCUT2D eigenvalue weighted by atomic mass is 32.2. The molecule has 120 valence electrons. The number of carboxylic acids is 1. The number of nitrogens with one attached hydrogen (secondary N) is 1. The molecule has 0 bridgehead atoms. The second kappa shape index (κ2) is 5.36. The Balaban J connectivity index is 2.24. The maximum atomic E-state index is 12.1. The highest BCUT2D eigenvalue weighted by Crippen LogP contribution is 2.45. The zero-order chi connectivity index (χ0) is 16.7. The fourth-order valence-corrected chi connectivity index (χ4v) is 3.10. The number of sulfonamides is 1. The topological polar surface area (TPSA) is 127 Å². The van der Waals surface area contributed by atoms with Gasteiger partial charge in [0.25, 0.3) is 5.91 Å². The lowest BCUT2D eigenvalue weighted by Crippen LogP contribution is -2.34. The Kier molecular flexibility index (Phi) is 4.01. The molecule has 2 rings (SSSR count). The molecule has 1 aromatic carbocycles. The summed E-state index contributed by atoms with van der Waals surface area (Å²) in [7, 11) is -3.93. The van der Waals surface area contributed by atoms with E-state index in [4.69, 9.17) is 10.2 Å². The number of carboxylic acid groups (broad SMARTS) is 1. The van der Waals surface area contributed by atoms with Crippen LogP contribution in [0.2, 0.25) is 0 Å². The zero-order valence-corrected chi connectivity index (χ0v) is 13.2. The van der Waals surface area contributed by atoms with E-state index >= 15 is 0 Å². The van der Waals surface area contributed by atoms with Gasteiger partial charge in [0.15, 0.2) is 0 Å². The van der Waals surface area contributed by atoms with E-state index in [-0.39, 0.29) is 17.0 Å². The van der Waals surface area contributed by atoms with Crippen LogP contribution in [0.15, 0.2) is 17.0 Å². The van der Waals surface area contributed by atoms with Crippen molar-refractivity contribution in [1.29, 1.82) is 0 Å². The second-order valence-corrected chi connectivity index (χ2v) is 7.26. The van der Waals surface area contributed by atoms with Gasteiger partial charge in [-0.1, -0.05) is 0 Å². The van der Waals surface area contributed by atoms with Gasteiger partial charge in [-0.15, -0.1) is 0 Å². The molecule has 0 aromatic heterocycles. The van der Waals surface area contributed by atoms with Crippen molar-refractivity contribution in [2.45, 2.75) is 31.6 Å². The smallest absolute Gasteiger partial charge is 0.311 e. The van der Waals surface area contributed by atoms with E-state index in [1.165, 1.54) is 6.07 Å². The number of hydrogen-bond donors (Lipinski definition) is 3. The van der Waals surface area contributed by atoms with Crippen molar-refractivity contribution >= 4 is 21.9 Å². The van der Waals surface area contributed by atoms with E-state index in [2.05, 4.69) is 5.32 Å². The number of carbonyl (C=O) groups is 2.